The van der Waals surface area contributed by atoms with Crippen LogP contribution in [-0.4, -0.2) is 17.8 Å². The van der Waals surface area contributed by atoms with E-state index in [0.717, 1.165) is 24.8 Å². The van der Waals surface area contributed by atoms with E-state index in [9.17, 15) is 4.79 Å². The summed E-state index contributed by atoms with van der Waals surface area (Å²) >= 11 is 12.1. The van der Waals surface area contributed by atoms with Gasteiger partial charge in [-0.1, -0.05) is 17.7 Å². The Balaban J connectivity index is 1.94. The Hall–Kier alpha value is -0.730. The van der Waals surface area contributed by atoms with Crippen molar-refractivity contribution in [2.45, 2.75) is 31.6 Å². The van der Waals surface area contributed by atoms with Gasteiger partial charge in [-0.15, -0.1) is 11.6 Å². The van der Waals surface area contributed by atoms with Gasteiger partial charge in [0, 0.05) is 22.5 Å². The van der Waals surface area contributed by atoms with Gasteiger partial charge in [-0.05, 0) is 49.8 Å². The number of amides is 1. The van der Waals surface area contributed by atoms with Crippen LogP contribution in [0.15, 0.2) is 18.2 Å². The molecule has 2 atom stereocenters. The summed E-state index contributed by atoms with van der Waals surface area (Å²) in [6.07, 6.45) is 3.15. The lowest BCUT2D eigenvalue weighted by molar-refractivity contribution is 0.0947. The molecule has 0 saturated heterocycles. The Kier molecular flexibility index (Phi) is 4.52. The van der Waals surface area contributed by atoms with E-state index >= 15 is 0 Å². The van der Waals surface area contributed by atoms with Gasteiger partial charge in [-0.3, -0.25) is 4.79 Å². The predicted octanol–water partition coefficient (Wildman–Crippen LogP) is 3.79. The summed E-state index contributed by atoms with van der Waals surface area (Å²) in [6, 6.07) is 5.40. The van der Waals surface area contributed by atoms with Gasteiger partial charge >= 0.3 is 0 Å². The van der Waals surface area contributed by atoms with Crippen LogP contribution in [0.2, 0.25) is 5.02 Å². The predicted molar refractivity (Wildman–Crippen MR) is 75.5 cm³/mol. The monoisotopic (exact) mass is 285 g/mol. The van der Waals surface area contributed by atoms with Crippen molar-refractivity contribution in [2.75, 3.05) is 6.54 Å². The number of benzene rings is 1. The molecule has 0 heterocycles. The molecule has 1 fully saturated rings. The SMILES string of the molecule is Cc1c(Cl)cccc1C(=O)NCC1CCC(Cl)C1. The molecule has 4 heteroatoms. The molecule has 98 valence electrons. The molecule has 2 rings (SSSR count). The molecule has 0 radical (unpaired) electrons. The third-order valence-electron chi connectivity index (χ3n) is 3.54. The quantitative estimate of drug-likeness (QED) is 0.842. The van der Waals surface area contributed by atoms with Gasteiger partial charge in [0.2, 0.25) is 0 Å². The summed E-state index contributed by atoms with van der Waals surface area (Å²) in [5, 5.41) is 3.88. The van der Waals surface area contributed by atoms with E-state index in [0.29, 0.717) is 23.0 Å². The highest BCUT2D eigenvalue weighted by atomic mass is 35.5. The molecular weight excluding hydrogens is 269 g/mol. The second-order valence-corrected chi connectivity index (χ2v) is 5.92. The highest BCUT2D eigenvalue weighted by Gasteiger charge is 2.23. The first-order valence-corrected chi connectivity index (χ1v) is 7.06. The summed E-state index contributed by atoms with van der Waals surface area (Å²) in [5.74, 6) is 0.462. The molecule has 0 spiro atoms. The van der Waals surface area contributed by atoms with Crippen molar-refractivity contribution in [2.24, 2.45) is 5.92 Å². The number of carbonyl (C=O) groups excluding carboxylic acids is 1. The summed E-state index contributed by atoms with van der Waals surface area (Å²) in [5.41, 5.74) is 1.49. The summed E-state index contributed by atoms with van der Waals surface area (Å²) in [4.78, 5) is 12.1. The number of carbonyl (C=O) groups is 1. The summed E-state index contributed by atoms with van der Waals surface area (Å²) in [7, 11) is 0. The van der Waals surface area contributed by atoms with Crippen LogP contribution in [0, 0.1) is 12.8 Å². The van der Waals surface area contributed by atoms with E-state index in [1.807, 2.05) is 6.92 Å². The maximum Gasteiger partial charge on any atom is 0.251 e. The van der Waals surface area contributed by atoms with E-state index in [1.54, 1.807) is 18.2 Å². The Morgan fingerprint density at radius 3 is 2.89 bits per heavy atom. The van der Waals surface area contributed by atoms with Gasteiger partial charge in [0.05, 0.1) is 0 Å². The minimum Gasteiger partial charge on any atom is -0.352 e. The summed E-state index contributed by atoms with van der Waals surface area (Å²) < 4.78 is 0. The lowest BCUT2D eigenvalue weighted by atomic mass is 10.1. The molecular formula is C14H17Cl2NO. The lowest BCUT2D eigenvalue weighted by Gasteiger charge is -2.12. The van der Waals surface area contributed by atoms with E-state index < -0.39 is 0 Å². The molecule has 18 heavy (non-hydrogen) atoms. The van der Waals surface area contributed by atoms with Crippen molar-refractivity contribution < 1.29 is 4.79 Å². The van der Waals surface area contributed by atoms with Crippen LogP contribution in [0.1, 0.15) is 35.2 Å². The number of rotatable bonds is 3. The fourth-order valence-electron chi connectivity index (χ4n) is 2.39. The molecule has 1 aliphatic rings. The summed E-state index contributed by atoms with van der Waals surface area (Å²) in [6.45, 7) is 2.57. The highest BCUT2D eigenvalue weighted by molar-refractivity contribution is 6.31. The zero-order chi connectivity index (χ0) is 13.1. The van der Waals surface area contributed by atoms with Gasteiger partial charge in [0.25, 0.3) is 5.91 Å². The number of alkyl halides is 1. The Morgan fingerprint density at radius 1 is 1.44 bits per heavy atom. The van der Waals surface area contributed by atoms with Crippen molar-refractivity contribution in [3.8, 4) is 0 Å². The second-order valence-electron chi connectivity index (χ2n) is 4.90. The lowest BCUT2D eigenvalue weighted by Crippen LogP contribution is -2.29. The smallest absolute Gasteiger partial charge is 0.251 e. The van der Waals surface area contributed by atoms with E-state index in [1.165, 1.54) is 0 Å². The van der Waals surface area contributed by atoms with Gasteiger partial charge in [0.15, 0.2) is 0 Å². The number of nitrogens with one attached hydrogen (secondary N) is 1. The Morgan fingerprint density at radius 2 is 2.22 bits per heavy atom. The van der Waals surface area contributed by atoms with Crippen LogP contribution in [0.5, 0.6) is 0 Å². The molecule has 1 aromatic carbocycles. The first-order chi connectivity index (χ1) is 8.58. The molecule has 1 amide bonds. The van der Waals surface area contributed by atoms with Crippen LogP contribution in [0.25, 0.3) is 0 Å². The molecule has 1 aliphatic carbocycles. The van der Waals surface area contributed by atoms with Gasteiger partial charge in [-0.25, -0.2) is 0 Å². The first kappa shape index (κ1) is 13.7. The third kappa shape index (κ3) is 3.18. The van der Waals surface area contributed by atoms with Crippen molar-refractivity contribution in [3.05, 3.63) is 34.3 Å². The van der Waals surface area contributed by atoms with Gasteiger partial charge < -0.3 is 5.32 Å². The number of hydrogen-bond donors (Lipinski definition) is 1. The molecule has 0 aliphatic heterocycles. The van der Waals surface area contributed by atoms with Crippen LogP contribution < -0.4 is 5.32 Å². The van der Waals surface area contributed by atoms with Gasteiger partial charge in [0.1, 0.15) is 0 Å². The highest BCUT2D eigenvalue weighted by Crippen LogP contribution is 2.28. The molecule has 2 unspecified atom stereocenters. The van der Waals surface area contributed by atoms with Crippen LogP contribution in [0.3, 0.4) is 0 Å². The average molecular weight is 286 g/mol. The average Bonchev–Trinajstić information content (AvgIpc) is 2.76. The molecule has 2 nitrogen and oxygen atoms in total. The van der Waals surface area contributed by atoms with E-state index in [4.69, 9.17) is 23.2 Å². The van der Waals surface area contributed by atoms with Crippen LogP contribution in [0.4, 0.5) is 0 Å². The van der Waals surface area contributed by atoms with Crippen LogP contribution in [-0.2, 0) is 0 Å². The molecule has 1 aromatic rings. The van der Waals surface area contributed by atoms with Gasteiger partial charge in [-0.2, -0.15) is 0 Å². The minimum absolute atomic E-state index is 0.0481. The van der Waals surface area contributed by atoms with Crippen molar-refractivity contribution >= 4 is 29.1 Å². The van der Waals surface area contributed by atoms with E-state index in [-0.39, 0.29) is 11.3 Å². The Labute approximate surface area is 118 Å². The standard InChI is InChI=1S/C14H17Cl2NO/c1-9-12(3-2-4-13(9)16)14(18)17-8-10-5-6-11(15)7-10/h2-4,10-11H,5-8H2,1H3,(H,17,18). The molecule has 0 aromatic heterocycles. The van der Waals surface area contributed by atoms with Crippen molar-refractivity contribution in [1.82, 2.24) is 5.32 Å². The van der Waals surface area contributed by atoms with Crippen molar-refractivity contribution in [1.29, 1.82) is 0 Å². The minimum atomic E-state index is -0.0481. The third-order valence-corrected chi connectivity index (χ3v) is 4.35. The normalized spacial score (nSPS) is 23.1. The largest absolute Gasteiger partial charge is 0.352 e. The maximum absolute atomic E-state index is 12.1. The molecule has 0 bridgehead atoms. The van der Waals surface area contributed by atoms with Crippen molar-refractivity contribution in [3.63, 3.8) is 0 Å². The zero-order valence-electron chi connectivity index (χ0n) is 10.4. The first-order valence-electron chi connectivity index (χ1n) is 6.25. The number of halogens is 2. The Bertz CT molecular complexity index is 447. The number of hydrogen-bond acceptors (Lipinski definition) is 1. The topological polar surface area (TPSA) is 29.1 Å². The fraction of sp³-hybridized carbons (Fsp3) is 0.500. The van der Waals surface area contributed by atoms with E-state index in [2.05, 4.69) is 5.32 Å². The molecule has 1 saturated carbocycles. The molecule has 1 N–H and O–H groups in total. The van der Waals surface area contributed by atoms with Crippen LogP contribution >= 0.6 is 23.2 Å². The maximum atomic E-state index is 12.1. The second kappa shape index (κ2) is 5.94. The fourth-order valence-corrected chi connectivity index (χ4v) is 2.94. The zero-order valence-corrected chi connectivity index (χ0v) is 11.9.